The summed E-state index contributed by atoms with van der Waals surface area (Å²) in [6.45, 7) is 14.0. The number of carbonyl (C=O) groups excluding carboxylic acids is 4. The lowest BCUT2D eigenvalue weighted by Gasteiger charge is -2.45. The van der Waals surface area contributed by atoms with Gasteiger partial charge in [-0.05, 0) is 86.3 Å². The van der Waals surface area contributed by atoms with Gasteiger partial charge in [-0.15, -0.1) is 0 Å². The largest absolute Gasteiger partial charge is 0.465 e. The molecule has 4 amide bonds. The van der Waals surface area contributed by atoms with Crippen LogP contribution >= 0.6 is 0 Å². The molecule has 8 rings (SSSR count). The van der Waals surface area contributed by atoms with Crippen LogP contribution in [0.4, 0.5) is 21.0 Å². The minimum atomic E-state index is -0.371. The predicted octanol–water partition coefficient (Wildman–Crippen LogP) is 9.74. The van der Waals surface area contributed by atoms with Crippen LogP contribution in [0.25, 0.3) is 0 Å². The standard InChI is InChI=1S/C29H34N4O2.C29H33N3O3/c1-22-18-31(19-23(2)32(22)20-24-9-5-3-6-10-24)29(35)33(27-11-7-4-8-12-27)21-25-13-15-26(16-14-25)28(34)17-30;1-22-18-30(19-23(2)31(22)20-24-10-6-4-7-11-24)29(34)32(27-12-8-5-9-13-27)21-25-14-16-26(17-15-25)28(33)35-3/h3-16,22-23H,17-21,30H2,1-2H3;4-17,22-23H,18-21H2,1-3H3/t2*22-,23+. The number of piperazine rings is 2. The summed E-state index contributed by atoms with van der Waals surface area (Å²) in [5.74, 6) is -0.465. The molecule has 0 bridgehead atoms. The number of Topliss-reactive ketones (excluding diaryl/α,β-unsaturated/α-hetero) is 1. The zero-order valence-corrected chi connectivity index (χ0v) is 41.1. The van der Waals surface area contributed by atoms with Crippen LogP contribution in [-0.4, -0.2) is 107 Å². The van der Waals surface area contributed by atoms with E-state index >= 15 is 0 Å². The third-order valence-electron chi connectivity index (χ3n) is 13.3. The molecule has 0 saturated carbocycles. The number of methoxy groups -OCH3 is 1. The second kappa shape index (κ2) is 24.4. The molecule has 12 nitrogen and oxygen atoms in total. The van der Waals surface area contributed by atoms with E-state index in [1.807, 2.05) is 117 Å². The fraction of sp³-hybridized carbons (Fsp3) is 0.310. The number of ketones is 1. The molecule has 2 heterocycles. The molecule has 0 aliphatic carbocycles. The first kappa shape index (κ1) is 50.7. The first-order chi connectivity index (χ1) is 33.9. The highest BCUT2D eigenvalue weighted by molar-refractivity contribution is 5.97. The summed E-state index contributed by atoms with van der Waals surface area (Å²) in [7, 11) is 1.37. The van der Waals surface area contributed by atoms with Gasteiger partial charge in [-0.1, -0.05) is 133 Å². The summed E-state index contributed by atoms with van der Waals surface area (Å²) in [6, 6.07) is 56.0. The highest BCUT2D eigenvalue weighted by Crippen LogP contribution is 2.27. The third-order valence-corrected chi connectivity index (χ3v) is 13.3. The third kappa shape index (κ3) is 13.1. The molecule has 0 unspecified atom stereocenters. The van der Waals surface area contributed by atoms with E-state index in [1.54, 1.807) is 24.3 Å². The van der Waals surface area contributed by atoms with Crippen molar-refractivity contribution in [2.24, 2.45) is 5.73 Å². The normalized spacial score (nSPS) is 18.3. The molecule has 2 fully saturated rings. The Balaban J connectivity index is 0.000000206. The van der Waals surface area contributed by atoms with Crippen molar-refractivity contribution >= 4 is 35.2 Å². The summed E-state index contributed by atoms with van der Waals surface area (Å²) in [4.78, 5) is 63.9. The molecule has 2 aliphatic rings. The van der Waals surface area contributed by atoms with Gasteiger partial charge < -0.3 is 20.3 Å². The number of esters is 1. The summed E-state index contributed by atoms with van der Waals surface area (Å²) in [6.07, 6.45) is 0. The highest BCUT2D eigenvalue weighted by atomic mass is 16.5. The van der Waals surface area contributed by atoms with Crippen LogP contribution in [0.5, 0.6) is 0 Å². The quantitative estimate of drug-likeness (QED) is 0.0898. The maximum Gasteiger partial charge on any atom is 0.337 e. The van der Waals surface area contributed by atoms with E-state index < -0.39 is 0 Å². The van der Waals surface area contributed by atoms with Crippen LogP contribution in [0.3, 0.4) is 0 Å². The first-order valence-electron chi connectivity index (χ1n) is 24.2. The van der Waals surface area contributed by atoms with Crippen LogP contribution in [-0.2, 0) is 30.9 Å². The number of ether oxygens (including phenoxy) is 1. The van der Waals surface area contributed by atoms with Crippen LogP contribution in [0, 0.1) is 0 Å². The Bertz CT molecular complexity index is 2400. The van der Waals surface area contributed by atoms with Crippen LogP contribution < -0.4 is 15.5 Å². The summed E-state index contributed by atoms with van der Waals surface area (Å²) in [5, 5.41) is 0. The van der Waals surface area contributed by atoms with Gasteiger partial charge in [-0.25, -0.2) is 14.4 Å². The number of carbonyl (C=O) groups is 4. The van der Waals surface area contributed by atoms with Crippen molar-refractivity contribution in [2.75, 3.05) is 49.6 Å². The second-order valence-corrected chi connectivity index (χ2v) is 18.4. The first-order valence-corrected chi connectivity index (χ1v) is 24.2. The van der Waals surface area contributed by atoms with E-state index in [-0.39, 0.29) is 54.5 Å². The number of nitrogens with two attached hydrogens (primary N) is 1. The van der Waals surface area contributed by atoms with E-state index in [1.165, 1.54) is 18.2 Å². The molecule has 0 radical (unpaired) electrons. The molecule has 12 heteroatoms. The number of rotatable bonds is 13. The maximum absolute atomic E-state index is 13.8. The van der Waals surface area contributed by atoms with Gasteiger partial charge in [0.25, 0.3) is 0 Å². The molecule has 0 spiro atoms. The van der Waals surface area contributed by atoms with Crippen molar-refractivity contribution in [3.8, 4) is 0 Å². The molecule has 70 heavy (non-hydrogen) atoms. The minimum absolute atomic E-state index is 0.00336. The highest BCUT2D eigenvalue weighted by Gasteiger charge is 2.36. The van der Waals surface area contributed by atoms with Crippen molar-refractivity contribution in [2.45, 2.75) is 78.0 Å². The van der Waals surface area contributed by atoms with Gasteiger partial charge in [0.15, 0.2) is 5.78 Å². The molecule has 6 aromatic carbocycles. The number of hydrogen-bond donors (Lipinski definition) is 1. The second-order valence-electron chi connectivity index (χ2n) is 18.4. The SMILES string of the molecule is COC(=O)c1ccc(CN(C(=O)N2C[C@@H](C)N(Cc3ccccc3)[C@@H](C)C2)c2ccccc2)cc1.C[C@@H]1CN(C(=O)N(Cc2ccc(C(=O)CN)cc2)c2ccccc2)C[C@H](C)N1Cc1ccccc1. The summed E-state index contributed by atoms with van der Waals surface area (Å²) in [5.41, 5.74) is 12.7. The number of anilines is 2. The Kier molecular flexibility index (Phi) is 17.7. The summed E-state index contributed by atoms with van der Waals surface area (Å²) < 4.78 is 4.80. The molecule has 2 saturated heterocycles. The van der Waals surface area contributed by atoms with Crippen molar-refractivity contribution in [3.05, 3.63) is 203 Å². The van der Waals surface area contributed by atoms with E-state index in [4.69, 9.17) is 10.5 Å². The maximum atomic E-state index is 13.8. The van der Waals surface area contributed by atoms with Gasteiger partial charge >= 0.3 is 18.0 Å². The summed E-state index contributed by atoms with van der Waals surface area (Å²) >= 11 is 0. The molecule has 2 aliphatic heterocycles. The van der Waals surface area contributed by atoms with E-state index in [0.717, 1.165) is 35.6 Å². The average molecular weight is 942 g/mol. The van der Waals surface area contributed by atoms with Crippen LogP contribution in [0.15, 0.2) is 170 Å². The Hall–Kier alpha value is -7.12. The monoisotopic (exact) mass is 942 g/mol. The lowest BCUT2D eigenvalue weighted by Crippen LogP contribution is -2.59. The number of para-hydroxylation sites is 2. The van der Waals surface area contributed by atoms with Crippen LogP contribution in [0.1, 0.15) is 70.7 Å². The van der Waals surface area contributed by atoms with E-state index in [2.05, 4.69) is 86.0 Å². The molecule has 0 aromatic heterocycles. The number of nitrogens with zero attached hydrogens (tertiary/aromatic N) is 6. The Labute approximate surface area is 413 Å². The average Bonchev–Trinajstić information content (AvgIpc) is 3.40. The van der Waals surface area contributed by atoms with E-state index in [9.17, 15) is 19.2 Å². The van der Waals surface area contributed by atoms with Gasteiger partial charge in [0, 0.05) is 80.4 Å². The number of urea groups is 2. The topological polar surface area (TPSA) is 123 Å². The Morgan fingerprint density at radius 1 is 0.471 bits per heavy atom. The van der Waals surface area contributed by atoms with Crippen LogP contribution in [0.2, 0.25) is 0 Å². The predicted molar refractivity (Wildman–Crippen MR) is 279 cm³/mol. The molecule has 2 N–H and O–H groups in total. The smallest absolute Gasteiger partial charge is 0.337 e. The van der Waals surface area contributed by atoms with Crippen molar-refractivity contribution in [1.29, 1.82) is 0 Å². The lowest BCUT2D eigenvalue weighted by molar-refractivity contribution is 0.0508. The number of benzene rings is 6. The fourth-order valence-corrected chi connectivity index (χ4v) is 9.48. The fourth-order valence-electron chi connectivity index (χ4n) is 9.48. The van der Waals surface area contributed by atoms with E-state index in [0.29, 0.717) is 50.4 Å². The molecular formula is C58H67N7O5. The Morgan fingerprint density at radius 2 is 0.800 bits per heavy atom. The number of amides is 4. The number of hydrogen-bond acceptors (Lipinski definition) is 8. The van der Waals surface area contributed by atoms with Crippen molar-refractivity contribution in [3.63, 3.8) is 0 Å². The van der Waals surface area contributed by atoms with Gasteiger partial charge in [-0.3, -0.25) is 24.4 Å². The van der Waals surface area contributed by atoms with Gasteiger partial charge in [0.1, 0.15) is 0 Å². The molecule has 6 aromatic rings. The van der Waals surface area contributed by atoms with Gasteiger partial charge in [0.05, 0.1) is 32.3 Å². The van der Waals surface area contributed by atoms with Gasteiger partial charge in [0.2, 0.25) is 0 Å². The zero-order chi connectivity index (χ0) is 49.6. The van der Waals surface area contributed by atoms with Crippen molar-refractivity contribution < 1.29 is 23.9 Å². The Morgan fingerprint density at radius 3 is 1.13 bits per heavy atom. The zero-order valence-electron chi connectivity index (χ0n) is 41.1. The van der Waals surface area contributed by atoms with Crippen molar-refractivity contribution in [1.82, 2.24) is 19.6 Å². The molecule has 4 atom stereocenters. The lowest BCUT2D eigenvalue weighted by atomic mass is 10.1. The van der Waals surface area contributed by atoms with Gasteiger partial charge in [-0.2, -0.15) is 0 Å². The molecule has 364 valence electrons. The molecular weight excluding hydrogens is 875 g/mol. The minimum Gasteiger partial charge on any atom is -0.465 e.